The van der Waals surface area contributed by atoms with Crippen molar-refractivity contribution in [3.63, 3.8) is 0 Å². The first-order valence-corrected chi connectivity index (χ1v) is 9.07. The molecule has 4 heterocycles. The van der Waals surface area contributed by atoms with Crippen LogP contribution in [0, 0.1) is 27.7 Å². The number of rotatable bonds is 4. The van der Waals surface area contributed by atoms with E-state index in [9.17, 15) is 0 Å². The number of aromatic nitrogens is 5. The number of fused-ring (bicyclic) bond motifs is 1. The summed E-state index contributed by atoms with van der Waals surface area (Å²) in [5.74, 6) is 0.807. The first-order valence-electron chi connectivity index (χ1n) is 9.07. The van der Waals surface area contributed by atoms with Gasteiger partial charge in [-0.15, -0.1) is 0 Å². The van der Waals surface area contributed by atoms with Crippen molar-refractivity contribution in [3.05, 3.63) is 46.8 Å². The Bertz CT molecular complexity index is 906. The third kappa shape index (κ3) is 3.18. The lowest BCUT2D eigenvalue weighted by Crippen LogP contribution is -2.33. The van der Waals surface area contributed by atoms with E-state index in [-0.39, 0.29) is 0 Å². The molecule has 1 atom stereocenters. The van der Waals surface area contributed by atoms with Crippen LogP contribution in [0.5, 0.6) is 0 Å². The lowest BCUT2D eigenvalue weighted by Gasteiger charge is -2.24. The van der Waals surface area contributed by atoms with Crippen LogP contribution in [0.15, 0.2) is 18.3 Å². The van der Waals surface area contributed by atoms with Crippen molar-refractivity contribution in [2.45, 2.75) is 59.7 Å². The molecule has 0 aromatic carbocycles. The molecular weight excluding hydrogens is 312 g/mol. The van der Waals surface area contributed by atoms with Crippen LogP contribution in [0.2, 0.25) is 0 Å². The maximum Gasteiger partial charge on any atom is 0.234 e. The molecule has 1 fully saturated rings. The van der Waals surface area contributed by atoms with E-state index in [1.54, 1.807) is 0 Å². The molecule has 0 saturated carbocycles. The SMILES string of the molecule is Cc1cc(C)n2cc(CN3CCC[C@@H]3Cn3nc(C)cc3C)nc2n1. The molecule has 1 aliphatic rings. The highest BCUT2D eigenvalue weighted by Gasteiger charge is 2.26. The second-order valence-electron chi connectivity index (χ2n) is 7.32. The lowest BCUT2D eigenvalue weighted by atomic mass is 10.2. The van der Waals surface area contributed by atoms with Crippen molar-refractivity contribution in [3.8, 4) is 0 Å². The molecule has 25 heavy (non-hydrogen) atoms. The highest BCUT2D eigenvalue weighted by Crippen LogP contribution is 2.22. The van der Waals surface area contributed by atoms with E-state index in [0.717, 1.165) is 42.5 Å². The van der Waals surface area contributed by atoms with Crippen molar-refractivity contribution in [2.75, 3.05) is 6.54 Å². The largest absolute Gasteiger partial charge is 0.293 e. The zero-order valence-electron chi connectivity index (χ0n) is 15.5. The van der Waals surface area contributed by atoms with E-state index < -0.39 is 0 Å². The molecule has 0 spiro atoms. The summed E-state index contributed by atoms with van der Waals surface area (Å²) in [7, 11) is 0. The predicted molar refractivity (Wildman–Crippen MR) is 97.6 cm³/mol. The minimum atomic E-state index is 0.526. The Morgan fingerprint density at radius 2 is 1.84 bits per heavy atom. The molecule has 132 valence electrons. The van der Waals surface area contributed by atoms with E-state index >= 15 is 0 Å². The van der Waals surface area contributed by atoms with Crippen molar-refractivity contribution in [1.82, 2.24) is 29.0 Å². The van der Waals surface area contributed by atoms with Gasteiger partial charge in [-0.25, -0.2) is 9.97 Å². The molecule has 6 nitrogen and oxygen atoms in total. The fourth-order valence-corrected chi connectivity index (χ4v) is 3.97. The van der Waals surface area contributed by atoms with E-state index in [1.807, 2.05) is 6.92 Å². The third-order valence-corrected chi connectivity index (χ3v) is 5.16. The Hall–Kier alpha value is -2.21. The summed E-state index contributed by atoms with van der Waals surface area (Å²) in [4.78, 5) is 11.8. The van der Waals surface area contributed by atoms with Crippen LogP contribution in [-0.2, 0) is 13.1 Å². The normalized spacial score (nSPS) is 18.5. The monoisotopic (exact) mass is 338 g/mol. The number of likely N-dealkylation sites (tertiary alicyclic amines) is 1. The van der Waals surface area contributed by atoms with Gasteiger partial charge in [0.15, 0.2) is 0 Å². The molecule has 0 radical (unpaired) electrons. The van der Waals surface area contributed by atoms with E-state index in [1.165, 1.54) is 24.2 Å². The van der Waals surface area contributed by atoms with Crippen LogP contribution in [0.1, 0.15) is 41.3 Å². The van der Waals surface area contributed by atoms with Gasteiger partial charge in [-0.3, -0.25) is 14.0 Å². The number of aryl methyl sites for hydroxylation is 4. The van der Waals surface area contributed by atoms with Crippen molar-refractivity contribution < 1.29 is 0 Å². The number of hydrogen-bond donors (Lipinski definition) is 0. The van der Waals surface area contributed by atoms with Crippen LogP contribution in [0.3, 0.4) is 0 Å². The van der Waals surface area contributed by atoms with Gasteiger partial charge >= 0.3 is 0 Å². The first-order chi connectivity index (χ1) is 12.0. The number of hydrogen-bond acceptors (Lipinski definition) is 4. The Labute approximate surface area is 148 Å². The van der Waals surface area contributed by atoms with E-state index in [4.69, 9.17) is 4.98 Å². The molecule has 4 rings (SSSR count). The van der Waals surface area contributed by atoms with Crippen LogP contribution in [-0.4, -0.2) is 41.6 Å². The highest BCUT2D eigenvalue weighted by atomic mass is 15.3. The van der Waals surface area contributed by atoms with Gasteiger partial charge in [0, 0.05) is 35.9 Å². The zero-order valence-corrected chi connectivity index (χ0v) is 15.5. The van der Waals surface area contributed by atoms with E-state index in [0.29, 0.717) is 6.04 Å². The lowest BCUT2D eigenvalue weighted by molar-refractivity contribution is 0.216. The average Bonchev–Trinajstić information content (AvgIpc) is 3.21. The molecule has 0 N–H and O–H groups in total. The maximum absolute atomic E-state index is 4.75. The zero-order chi connectivity index (χ0) is 17.6. The summed E-state index contributed by atoms with van der Waals surface area (Å²) in [5.41, 5.74) is 5.64. The maximum atomic E-state index is 4.75. The molecule has 1 aliphatic heterocycles. The molecule has 0 aliphatic carbocycles. The predicted octanol–water partition coefficient (Wildman–Crippen LogP) is 2.82. The molecule has 1 saturated heterocycles. The smallest absolute Gasteiger partial charge is 0.234 e. The molecule has 0 amide bonds. The first kappa shape index (κ1) is 16.3. The van der Waals surface area contributed by atoms with Gasteiger partial charge in [0.1, 0.15) is 0 Å². The molecule has 0 unspecified atom stereocenters. The molecule has 3 aromatic rings. The summed E-state index contributed by atoms with van der Waals surface area (Å²) in [5, 5.41) is 4.63. The quantitative estimate of drug-likeness (QED) is 0.734. The molecule has 6 heteroatoms. The Morgan fingerprint density at radius 3 is 2.60 bits per heavy atom. The van der Waals surface area contributed by atoms with Gasteiger partial charge < -0.3 is 0 Å². The minimum absolute atomic E-state index is 0.526. The minimum Gasteiger partial charge on any atom is -0.293 e. The Kier molecular flexibility index (Phi) is 4.07. The van der Waals surface area contributed by atoms with Gasteiger partial charge in [0.05, 0.1) is 17.9 Å². The van der Waals surface area contributed by atoms with E-state index in [2.05, 4.69) is 63.2 Å². The topological polar surface area (TPSA) is 51.2 Å². The molecule has 0 bridgehead atoms. The Balaban J connectivity index is 1.53. The van der Waals surface area contributed by atoms with Crippen LogP contribution >= 0.6 is 0 Å². The average molecular weight is 338 g/mol. The van der Waals surface area contributed by atoms with Gasteiger partial charge in [0.25, 0.3) is 0 Å². The van der Waals surface area contributed by atoms with Crippen LogP contribution in [0.4, 0.5) is 0 Å². The van der Waals surface area contributed by atoms with Crippen LogP contribution < -0.4 is 0 Å². The summed E-state index contributed by atoms with van der Waals surface area (Å²) < 4.78 is 4.24. The second kappa shape index (κ2) is 6.26. The van der Waals surface area contributed by atoms with Gasteiger partial charge in [-0.1, -0.05) is 0 Å². The van der Waals surface area contributed by atoms with Gasteiger partial charge in [0.2, 0.25) is 5.78 Å². The van der Waals surface area contributed by atoms with Crippen molar-refractivity contribution in [1.29, 1.82) is 0 Å². The summed E-state index contributed by atoms with van der Waals surface area (Å²) in [6.45, 7) is 11.3. The summed E-state index contributed by atoms with van der Waals surface area (Å²) in [6.07, 6.45) is 4.60. The van der Waals surface area contributed by atoms with Gasteiger partial charge in [-0.05, 0) is 59.2 Å². The highest BCUT2D eigenvalue weighted by molar-refractivity contribution is 5.34. The molecule has 3 aromatic heterocycles. The molecular formula is C19H26N6. The summed E-state index contributed by atoms with van der Waals surface area (Å²) >= 11 is 0. The van der Waals surface area contributed by atoms with Crippen LogP contribution in [0.25, 0.3) is 5.78 Å². The Morgan fingerprint density at radius 1 is 1.04 bits per heavy atom. The van der Waals surface area contributed by atoms with Crippen molar-refractivity contribution in [2.24, 2.45) is 0 Å². The summed E-state index contributed by atoms with van der Waals surface area (Å²) in [6, 6.07) is 4.77. The standard InChI is InChI=1S/C19H26N6/c1-13-8-15(3)24-11-17(21-19(24)20-13)10-23-7-5-6-18(23)12-25-16(4)9-14(2)22-25/h8-9,11,18H,5-7,10,12H2,1-4H3/t18-/m1/s1. The number of imidazole rings is 1. The number of nitrogens with zero attached hydrogens (tertiary/aromatic N) is 6. The third-order valence-electron chi connectivity index (χ3n) is 5.16. The second-order valence-corrected chi connectivity index (χ2v) is 7.32. The van der Waals surface area contributed by atoms with Crippen molar-refractivity contribution >= 4 is 5.78 Å². The van der Waals surface area contributed by atoms with Gasteiger partial charge in [-0.2, -0.15) is 5.10 Å². The fraction of sp³-hybridized carbons (Fsp3) is 0.526. The fourth-order valence-electron chi connectivity index (χ4n) is 3.97.